The first-order valence-corrected chi connectivity index (χ1v) is 8.04. The number of benzene rings is 1. The van der Waals surface area contributed by atoms with E-state index in [1.807, 2.05) is 18.2 Å². The molecule has 1 aromatic carbocycles. The Balaban J connectivity index is 1.89. The second kappa shape index (κ2) is 7.82. The molecule has 1 aliphatic rings. The highest BCUT2D eigenvalue weighted by Gasteiger charge is 2.30. The van der Waals surface area contributed by atoms with E-state index in [1.165, 1.54) is 24.8 Å². The molecule has 0 saturated heterocycles. The zero-order valence-electron chi connectivity index (χ0n) is 12.7. The molecular weight excluding hydrogens is 316 g/mol. The Bertz CT molecular complexity index is 632. The molecule has 0 saturated carbocycles. The average molecular weight is 334 g/mol. The number of carbonyl (C=O) groups is 3. The van der Waals surface area contributed by atoms with E-state index in [1.54, 1.807) is 6.07 Å². The predicted octanol–water partition coefficient (Wildman–Crippen LogP) is 1.72. The van der Waals surface area contributed by atoms with Gasteiger partial charge in [0.2, 0.25) is 5.91 Å². The van der Waals surface area contributed by atoms with Crippen LogP contribution in [-0.4, -0.2) is 35.7 Å². The lowest BCUT2D eigenvalue weighted by Gasteiger charge is -2.23. The topological polar surface area (TPSA) is 84.5 Å². The molecule has 1 heterocycles. The molecule has 7 heteroatoms. The van der Waals surface area contributed by atoms with E-state index >= 15 is 0 Å². The van der Waals surface area contributed by atoms with E-state index < -0.39 is 23.2 Å². The van der Waals surface area contributed by atoms with Gasteiger partial charge in [-0.1, -0.05) is 18.2 Å². The average Bonchev–Trinajstić information content (AvgIpc) is 2.53. The van der Waals surface area contributed by atoms with Crippen molar-refractivity contribution >= 4 is 35.2 Å². The van der Waals surface area contributed by atoms with E-state index in [9.17, 15) is 14.4 Å². The van der Waals surface area contributed by atoms with Crippen molar-refractivity contribution in [2.45, 2.75) is 29.6 Å². The summed E-state index contributed by atoms with van der Waals surface area (Å²) in [6, 6.07) is 7.38. The second-order valence-corrected chi connectivity index (χ2v) is 6.21. The van der Waals surface area contributed by atoms with Crippen LogP contribution in [0.25, 0.3) is 0 Å². The molecule has 0 unspecified atom stereocenters. The number of para-hydroxylation sites is 1. The van der Waals surface area contributed by atoms with Gasteiger partial charge in [-0.05, 0) is 19.1 Å². The summed E-state index contributed by atoms with van der Waals surface area (Å²) in [5.41, 5.74) is 0.740. The van der Waals surface area contributed by atoms with Crippen LogP contribution in [0.5, 0.6) is 0 Å². The van der Waals surface area contributed by atoms with Crippen molar-refractivity contribution in [1.82, 2.24) is 5.32 Å². The van der Waals surface area contributed by atoms with Crippen LogP contribution in [0.1, 0.15) is 13.3 Å². The summed E-state index contributed by atoms with van der Waals surface area (Å²) < 4.78 is 5.07. The Morgan fingerprint density at radius 1 is 1.48 bits per heavy atom. The van der Waals surface area contributed by atoms with Gasteiger partial charge < -0.3 is 15.4 Å². The Morgan fingerprint density at radius 2 is 2.22 bits per heavy atom. The molecule has 0 radical (unpaired) electrons. The van der Waals surface area contributed by atoms with E-state index in [4.69, 9.17) is 4.74 Å². The van der Waals surface area contributed by atoms with Crippen LogP contribution in [0.2, 0.25) is 0 Å². The van der Waals surface area contributed by atoms with Crippen molar-refractivity contribution in [3.63, 3.8) is 0 Å². The molecule has 0 bridgehead atoms. The molecule has 1 aliphatic heterocycles. The van der Waals surface area contributed by atoms with Crippen molar-refractivity contribution in [2.24, 2.45) is 0 Å². The van der Waals surface area contributed by atoms with Crippen LogP contribution in [0.4, 0.5) is 5.69 Å². The molecule has 2 amide bonds. The van der Waals surface area contributed by atoms with Crippen LogP contribution in [0.15, 0.2) is 41.8 Å². The number of esters is 1. The van der Waals surface area contributed by atoms with Gasteiger partial charge in [0.25, 0.3) is 5.91 Å². The van der Waals surface area contributed by atoms with Crippen molar-refractivity contribution in [3.8, 4) is 0 Å². The lowest BCUT2D eigenvalue weighted by Crippen LogP contribution is -2.37. The number of hydrogen-bond acceptors (Lipinski definition) is 5. The second-order valence-electron chi connectivity index (χ2n) is 4.96. The summed E-state index contributed by atoms with van der Waals surface area (Å²) in [6.45, 7) is 5.28. The molecule has 2 atom stereocenters. The van der Waals surface area contributed by atoms with E-state index in [-0.39, 0.29) is 12.3 Å². The molecule has 1 aromatic rings. The number of rotatable bonds is 6. The van der Waals surface area contributed by atoms with Gasteiger partial charge in [0.05, 0.1) is 17.4 Å². The Morgan fingerprint density at radius 3 is 2.96 bits per heavy atom. The highest BCUT2D eigenvalue weighted by molar-refractivity contribution is 8.01. The Labute approximate surface area is 138 Å². The number of hydrogen-bond donors (Lipinski definition) is 2. The van der Waals surface area contributed by atoms with Crippen molar-refractivity contribution in [1.29, 1.82) is 0 Å². The number of ether oxygens (including phenoxy) is 1. The van der Waals surface area contributed by atoms with E-state index in [0.29, 0.717) is 6.54 Å². The van der Waals surface area contributed by atoms with Crippen LogP contribution in [-0.2, 0) is 19.1 Å². The Kier molecular flexibility index (Phi) is 5.81. The lowest BCUT2D eigenvalue weighted by molar-refractivity contribution is -0.155. The molecule has 0 fully saturated rings. The molecule has 122 valence electrons. The normalized spacial score (nSPS) is 17.4. The maximum atomic E-state index is 12.0. The first-order valence-electron chi connectivity index (χ1n) is 7.16. The highest BCUT2D eigenvalue weighted by Crippen LogP contribution is 2.36. The molecule has 23 heavy (non-hydrogen) atoms. The fourth-order valence-electron chi connectivity index (χ4n) is 1.99. The number of thioether (sulfide) groups is 1. The molecule has 0 aromatic heterocycles. The number of carbonyl (C=O) groups excluding carboxylic acids is 3. The largest absolute Gasteiger partial charge is 0.453 e. The van der Waals surface area contributed by atoms with Gasteiger partial charge in [-0.15, -0.1) is 18.3 Å². The summed E-state index contributed by atoms with van der Waals surface area (Å²) in [5.74, 6) is -1.22. The minimum Gasteiger partial charge on any atom is -0.453 e. The third-order valence-corrected chi connectivity index (χ3v) is 4.43. The minimum atomic E-state index is -0.911. The minimum absolute atomic E-state index is 0.0933. The third kappa shape index (κ3) is 4.59. The maximum Gasteiger partial charge on any atom is 0.308 e. The molecule has 6 nitrogen and oxygen atoms in total. The van der Waals surface area contributed by atoms with E-state index in [2.05, 4.69) is 17.2 Å². The Hall–Kier alpha value is -2.28. The van der Waals surface area contributed by atoms with Gasteiger partial charge in [0.1, 0.15) is 0 Å². The van der Waals surface area contributed by atoms with Gasteiger partial charge in [-0.25, -0.2) is 0 Å². The summed E-state index contributed by atoms with van der Waals surface area (Å²) in [5, 5.41) is 4.74. The van der Waals surface area contributed by atoms with Crippen molar-refractivity contribution < 1.29 is 19.1 Å². The van der Waals surface area contributed by atoms with Gasteiger partial charge in [0, 0.05) is 11.4 Å². The zero-order valence-corrected chi connectivity index (χ0v) is 13.5. The molecule has 0 aliphatic carbocycles. The SMILES string of the molecule is C=CCNC(=O)[C@@H](C)OC(=O)C[C@@H]1Sc2ccccc2NC1=O. The quantitative estimate of drug-likeness (QED) is 0.611. The van der Waals surface area contributed by atoms with Gasteiger partial charge in [-0.3, -0.25) is 14.4 Å². The van der Waals surface area contributed by atoms with Gasteiger partial charge >= 0.3 is 5.97 Å². The van der Waals surface area contributed by atoms with Crippen LogP contribution in [0.3, 0.4) is 0 Å². The molecular formula is C16H18N2O4S. The number of fused-ring (bicyclic) bond motifs is 1. The molecule has 2 N–H and O–H groups in total. The van der Waals surface area contributed by atoms with Gasteiger partial charge in [-0.2, -0.15) is 0 Å². The number of nitrogens with one attached hydrogen (secondary N) is 2. The fourth-order valence-corrected chi connectivity index (χ4v) is 3.09. The standard InChI is InChI=1S/C16H18N2O4S/c1-3-8-17-15(20)10(2)22-14(19)9-13-16(21)18-11-6-4-5-7-12(11)23-13/h3-7,10,13H,1,8-9H2,2H3,(H,17,20)(H,18,21)/t10-,13+/m1/s1. The van der Waals surface area contributed by atoms with E-state index in [0.717, 1.165) is 10.6 Å². The van der Waals surface area contributed by atoms with Crippen molar-refractivity contribution in [3.05, 3.63) is 36.9 Å². The fraction of sp³-hybridized carbons (Fsp3) is 0.312. The lowest BCUT2D eigenvalue weighted by atomic mass is 10.2. The van der Waals surface area contributed by atoms with Gasteiger partial charge in [0.15, 0.2) is 6.10 Å². The van der Waals surface area contributed by atoms with Crippen LogP contribution < -0.4 is 10.6 Å². The summed E-state index contributed by atoms with van der Waals surface area (Å²) in [4.78, 5) is 36.5. The van der Waals surface area contributed by atoms with Crippen LogP contribution in [0, 0.1) is 0 Å². The predicted molar refractivity (Wildman–Crippen MR) is 88.1 cm³/mol. The zero-order chi connectivity index (χ0) is 16.8. The highest BCUT2D eigenvalue weighted by atomic mass is 32.2. The van der Waals surface area contributed by atoms with Crippen molar-refractivity contribution in [2.75, 3.05) is 11.9 Å². The monoisotopic (exact) mass is 334 g/mol. The molecule has 0 spiro atoms. The maximum absolute atomic E-state index is 12.0. The third-order valence-electron chi connectivity index (χ3n) is 3.16. The summed E-state index contributed by atoms with van der Waals surface area (Å²) in [7, 11) is 0. The van der Waals surface area contributed by atoms with Crippen LogP contribution >= 0.6 is 11.8 Å². The molecule has 2 rings (SSSR count). The summed E-state index contributed by atoms with van der Waals surface area (Å²) >= 11 is 1.32. The summed E-state index contributed by atoms with van der Waals surface area (Å²) in [6.07, 6.45) is 0.531. The first-order chi connectivity index (χ1) is 11.0. The number of amides is 2. The first kappa shape index (κ1) is 17.1. The smallest absolute Gasteiger partial charge is 0.308 e. The number of anilines is 1.